The highest BCUT2D eigenvalue weighted by atomic mass is 16.2. The summed E-state index contributed by atoms with van der Waals surface area (Å²) in [6, 6.07) is 0. The molecule has 0 aromatic carbocycles. The molecule has 0 atom stereocenters. The fraction of sp³-hybridized carbons (Fsp3) is 0.583. The average molecular weight is 264 g/mol. The largest absolute Gasteiger partial charge is 0.342 e. The van der Waals surface area contributed by atoms with E-state index in [0.29, 0.717) is 12.5 Å². The quantitative estimate of drug-likeness (QED) is 0.583. The number of rotatable bonds is 2. The van der Waals surface area contributed by atoms with Gasteiger partial charge in [0.25, 0.3) is 0 Å². The van der Waals surface area contributed by atoms with Crippen LogP contribution in [0.4, 0.5) is 11.8 Å². The summed E-state index contributed by atoms with van der Waals surface area (Å²) in [6.07, 6.45) is 1.70. The fourth-order valence-corrected chi connectivity index (χ4v) is 2.36. The average Bonchev–Trinajstić information content (AvgIpc) is 2.38. The zero-order chi connectivity index (χ0) is 14.2. The fourth-order valence-electron chi connectivity index (χ4n) is 2.36. The van der Waals surface area contributed by atoms with Gasteiger partial charge in [0.2, 0.25) is 11.9 Å². The monoisotopic (exact) mass is 264 g/mol. The van der Waals surface area contributed by atoms with E-state index in [1.54, 1.807) is 11.1 Å². The first-order chi connectivity index (χ1) is 8.87. The van der Waals surface area contributed by atoms with Crippen LogP contribution in [0.15, 0.2) is 6.20 Å². The molecule has 7 heteroatoms. The minimum Gasteiger partial charge on any atom is -0.342 e. The zero-order valence-corrected chi connectivity index (χ0v) is 11.8. The first-order valence-corrected chi connectivity index (χ1v) is 6.21. The number of carbonyl (C=O) groups is 1. The Morgan fingerprint density at radius 2 is 2.11 bits per heavy atom. The Morgan fingerprint density at radius 3 is 2.74 bits per heavy atom. The van der Waals surface area contributed by atoms with Crippen molar-refractivity contribution in [2.24, 2.45) is 5.84 Å². The molecule has 2 heterocycles. The van der Waals surface area contributed by atoms with Gasteiger partial charge in [0, 0.05) is 31.9 Å². The van der Waals surface area contributed by atoms with Gasteiger partial charge in [0.15, 0.2) is 0 Å². The lowest BCUT2D eigenvalue weighted by Gasteiger charge is -2.45. The van der Waals surface area contributed by atoms with E-state index in [4.69, 9.17) is 5.84 Å². The second-order valence-electron chi connectivity index (χ2n) is 5.28. The highest BCUT2D eigenvalue weighted by Gasteiger charge is 2.41. The number of aromatic nitrogens is 2. The highest BCUT2D eigenvalue weighted by molar-refractivity contribution is 5.90. The molecule has 2 rings (SSSR count). The molecule has 1 aromatic rings. The van der Waals surface area contributed by atoms with Crippen LogP contribution in [-0.2, 0) is 4.79 Å². The van der Waals surface area contributed by atoms with Crippen molar-refractivity contribution in [1.82, 2.24) is 14.9 Å². The molecule has 1 saturated heterocycles. The Hall–Kier alpha value is -1.89. The summed E-state index contributed by atoms with van der Waals surface area (Å²) in [5.41, 5.74) is 2.73. The number of anilines is 2. The number of hydrogen-bond acceptors (Lipinski definition) is 6. The molecular formula is C12H20N6O. The number of aryl methyl sites for hydroxylation is 1. The van der Waals surface area contributed by atoms with Crippen LogP contribution in [0.2, 0.25) is 0 Å². The third-order valence-corrected chi connectivity index (χ3v) is 3.53. The van der Waals surface area contributed by atoms with Gasteiger partial charge >= 0.3 is 0 Å². The predicted molar refractivity (Wildman–Crippen MR) is 73.6 cm³/mol. The van der Waals surface area contributed by atoms with Crippen molar-refractivity contribution in [3.8, 4) is 0 Å². The molecule has 1 fully saturated rings. The first-order valence-electron chi connectivity index (χ1n) is 6.21. The molecule has 19 heavy (non-hydrogen) atoms. The second kappa shape index (κ2) is 4.65. The van der Waals surface area contributed by atoms with Gasteiger partial charge in [0.1, 0.15) is 11.4 Å². The molecule has 3 N–H and O–H groups in total. The van der Waals surface area contributed by atoms with Crippen LogP contribution in [0.25, 0.3) is 0 Å². The van der Waals surface area contributed by atoms with Crippen molar-refractivity contribution in [2.45, 2.75) is 26.3 Å². The van der Waals surface area contributed by atoms with Crippen molar-refractivity contribution < 1.29 is 4.79 Å². The number of piperazine rings is 1. The molecule has 1 aliphatic heterocycles. The van der Waals surface area contributed by atoms with Crippen molar-refractivity contribution in [3.63, 3.8) is 0 Å². The van der Waals surface area contributed by atoms with Gasteiger partial charge in [-0.1, -0.05) is 0 Å². The number of carbonyl (C=O) groups excluding carboxylic acids is 1. The van der Waals surface area contributed by atoms with Crippen LogP contribution in [0.5, 0.6) is 0 Å². The second-order valence-corrected chi connectivity index (χ2v) is 5.28. The summed E-state index contributed by atoms with van der Waals surface area (Å²) >= 11 is 0. The van der Waals surface area contributed by atoms with Gasteiger partial charge in [-0.3, -0.25) is 10.2 Å². The van der Waals surface area contributed by atoms with Crippen molar-refractivity contribution in [2.75, 3.05) is 30.5 Å². The zero-order valence-electron chi connectivity index (χ0n) is 11.8. The van der Waals surface area contributed by atoms with Gasteiger partial charge in [-0.15, -0.1) is 0 Å². The topological polar surface area (TPSA) is 87.4 Å². The SMILES string of the molecule is Cc1cnc(NN)nc1N1CCN(C)C(=O)C1(C)C. The van der Waals surface area contributed by atoms with E-state index in [2.05, 4.69) is 15.4 Å². The van der Waals surface area contributed by atoms with E-state index in [0.717, 1.165) is 17.9 Å². The van der Waals surface area contributed by atoms with E-state index in [-0.39, 0.29) is 5.91 Å². The number of nitrogens with two attached hydrogens (primary N) is 1. The van der Waals surface area contributed by atoms with E-state index in [1.807, 2.05) is 32.7 Å². The van der Waals surface area contributed by atoms with Crippen LogP contribution in [0.3, 0.4) is 0 Å². The standard InChI is InChI=1S/C12H20N6O/c1-8-7-14-11(16-13)15-9(8)18-6-5-17(4)10(19)12(18,2)3/h7H,5-6,13H2,1-4H3,(H,14,15,16). The smallest absolute Gasteiger partial charge is 0.247 e. The van der Waals surface area contributed by atoms with Crippen LogP contribution < -0.4 is 16.2 Å². The number of amides is 1. The minimum atomic E-state index is -0.627. The summed E-state index contributed by atoms with van der Waals surface area (Å²) < 4.78 is 0. The maximum Gasteiger partial charge on any atom is 0.247 e. The number of nitrogen functional groups attached to an aromatic ring is 1. The van der Waals surface area contributed by atoms with E-state index < -0.39 is 5.54 Å². The summed E-state index contributed by atoms with van der Waals surface area (Å²) in [5, 5.41) is 0. The highest BCUT2D eigenvalue weighted by Crippen LogP contribution is 2.29. The molecule has 0 aliphatic carbocycles. The Kier molecular flexibility index (Phi) is 3.32. The van der Waals surface area contributed by atoms with E-state index in [9.17, 15) is 4.79 Å². The third kappa shape index (κ3) is 2.21. The third-order valence-electron chi connectivity index (χ3n) is 3.53. The summed E-state index contributed by atoms with van der Waals surface area (Å²) in [4.78, 5) is 24.5. The van der Waals surface area contributed by atoms with Gasteiger partial charge in [-0.05, 0) is 20.8 Å². The first kappa shape index (κ1) is 13.5. The molecule has 0 unspecified atom stereocenters. The molecule has 1 aromatic heterocycles. The van der Waals surface area contributed by atoms with Crippen LogP contribution >= 0.6 is 0 Å². The molecule has 1 aliphatic rings. The van der Waals surface area contributed by atoms with Crippen molar-refractivity contribution in [1.29, 1.82) is 0 Å². The number of likely N-dealkylation sites (N-methyl/N-ethyl adjacent to an activating group) is 1. The number of hydrazine groups is 1. The molecule has 0 spiro atoms. The number of nitrogens with one attached hydrogen (secondary N) is 1. The van der Waals surface area contributed by atoms with Crippen molar-refractivity contribution >= 4 is 17.7 Å². The molecular weight excluding hydrogens is 244 g/mol. The summed E-state index contributed by atoms with van der Waals surface area (Å²) in [5.74, 6) is 6.52. The molecule has 7 nitrogen and oxygen atoms in total. The van der Waals surface area contributed by atoms with E-state index in [1.165, 1.54) is 0 Å². The van der Waals surface area contributed by atoms with Crippen LogP contribution in [0, 0.1) is 6.92 Å². The van der Waals surface area contributed by atoms with E-state index >= 15 is 0 Å². The minimum absolute atomic E-state index is 0.0824. The van der Waals surface area contributed by atoms with Crippen molar-refractivity contribution in [3.05, 3.63) is 11.8 Å². The Labute approximate surface area is 112 Å². The summed E-state index contributed by atoms with van der Waals surface area (Å²) in [6.45, 7) is 7.15. The Morgan fingerprint density at radius 1 is 1.42 bits per heavy atom. The van der Waals surface area contributed by atoms with Crippen LogP contribution in [-0.4, -0.2) is 46.5 Å². The number of nitrogens with zero attached hydrogens (tertiary/aromatic N) is 4. The maximum absolute atomic E-state index is 12.3. The predicted octanol–water partition coefficient (Wildman–Crippen LogP) is 0.128. The molecule has 104 valence electrons. The maximum atomic E-state index is 12.3. The lowest BCUT2D eigenvalue weighted by Crippen LogP contribution is -2.62. The summed E-state index contributed by atoms with van der Waals surface area (Å²) in [7, 11) is 1.82. The normalized spacial score (nSPS) is 18.7. The Bertz CT molecular complexity index is 501. The molecule has 0 saturated carbocycles. The molecule has 0 radical (unpaired) electrons. The van der Waals surface area contributed by atoms with Gasteiger partial charge in [0.05, 0.1) is 0 Å². The Balaban J connectivity index is 2.43. The molecule has 1 amide bonds. The molecule has 0 bridgehead atoms. The lowest BCUT2D eigenvalue weighted by molar-refractivity contribution is -0.136. The lowest BCUT2D eigenvalue weighted by atomic mass is 9.97. The van der Waals surface area contributed by atoms with Gasteiger partial charge in [-0.25, -0.2) is 10.8 Å². The number of hydrogen-bond donors (Lipinski definition) is 2. The van der Waals surface area contributed by atoms with Crippen LogP contribution in [0.1, 0.15) is 19.4 Å². The van der Waals surface area contributed by atoms with Gasteiger partial charge in [-0.2, -0.15) is 4.98 Å². The van der Waals surface area contributed by atoms with Gasteiger partial charge < -0.3 is 9.80 Å².